The first-order valence-corrected chi connectivity index (χ1v) is 10.3. The number of aromatic nitrogens is 1. The maximum Gasteiger partial charge on any atom is 0.335 e. The van der Waals surface area contributed by atoms with Crippen LogP contribution in [0.2, 0.25) is 0 Å². The van der Waals surface area contributed by atoms with Gasteiger partial charge in [0.2, 0.25) is 0 Å². The molecule has 1 saturated carbocycles. The number of nitrogens with zero attached hydrogens (tertiary/aromatic N) is 3. The van der Waals surface area contributed by atoms with Crippen LogP contribution in [0.25, 0.3) is 0 Å². The molecule has 1 aromatic heterocycles. The van der Waals surface area contributed by atoms with E-state index in [4.69, 9.17) is 10.7 Å². The van der Waals surface area contributed by atoms with Crippen molar-refractivity contribution in [3.63, 3.8) is 0 Å². The summed E-state index contributed by atoms with van der Waals surface area (Å²) >= 11 is 0. The van der Waals surface area contributed by atoms with Crippen molar-refractivity contribution in [1.29, 1.82) is 0 Å². The fourth-order valence-corrected chi connectivity index (χ4v) is 4.56. The second-order valence-electron chi connectivity index (χ2n) is 8.09. The molecule has 4 rings (SSSR count). The lowest BCUT2D eigenvalue weighted by Gasteiger charge is -2.49. The number of benzene rings is 1. The third-order valence-electron chi connectivity index (χ3n) is 6.21. The fourth-order valence-electron chi connectivity index (χ4n) is 4.56. The second kappa shape index (κ2) is 7.91. The third-order valence-corrected chi connectivity index (χ3v) is 6.21. The lowest BCUT2D eigenvalue weighted by molar-refractivity contribution is 0.0697. The number of carboxylic acids is 1. The number of nitrogens with one attached hydrogen (secondary N) is 1. The van der Waals surface area contributed by atoms with Crippen LogP contribution in [-0.4, -0.2) is 41.4 Å². The van der Waals surface area contributed by atoms with E-state index in [1.165, 1.54) is 32.1 Å². The molecular formula is C22H29N5O2. The summed E-state index contributed by atoms with van der Waals surface area (Å²) in [5.41, 5.74) is 8.51. The molecule has 2 atom stereocenters. The Labute approximate surface area is 171 Å². The molecule has 2 aromatic rings. The fraction of sp³-hybridized carbons (Fsp3) is 0.455. The highest BCUT2D eigenvalue weighted by atomic mass is 16.4. The molecule has 154 valence electrons. The number of aromatic carboxylic acids is 1. The van der Waals surface area contributed by atoms with E-state index < -0.39 is 5.97 Å². The Bertz CT molecular complexity index is 897. The predicted octanol–water partition coefficient (Wildman–Crippen LogP) is 3.79. The summed E-state index contributed by atoms with van der Waals surface area (Å²) in [5.74, 6) is 0.705. The monoisotopic (exact) mass is 395 g/mol. The van der Waals surface area contributed by atoms with Gasteiger partial charge in [0, 0.05) is 18.8 Å². The maximum absolute atomic E-state index is 11.3. The number of fused-ring (bicyclic) bond motifs is 1. The quantitative estimate of drug-likeness (QED) is 0.725. The number of carbonyl (C=O) groups is 1. The molecule has 1 unspecified atom stereocenters. The van der Waals surface area contributed by atoms with E-state index in [0.717, 1.165) is 11.5 Å². The molecule has 0 spiro atoms. The largest absolute Gasteiger partial charge is 0.478 e. The van der Waals surface area contributed by atoms with Crippen LogP contribution in [0.1, 0.15) is 49.4 Å². The highest BCUT2D eigenvalue weighted by Crippen LogP contribution is 2.40. The summed E-state index contributed by atoms with van der Waals surface area (Å²) in [5, 5.41) is 12.5. The van der Waals surface area contributed by atoms with E-state index in [1.807, 2.05) is 25.2 Å². The molecule has 1 aliphatic carbocycles. The van der Waals surface area contributed by atoms with Gasteiger partial charge < -0.3 is 26.0 Å². The molecule has 0 saturated heterocycles. The number of pyridine rings is 1. The van der Waals surface area contributed by atoms with Gasteiger partial charge in [-0.25, -0.2) is 9.78 Å². The van der Waals surface area contributed by atoms with E-state index in [2.05, 4.69) is 22.0 Å². The molecule has 7 heteroatoms. The summed E-state index contributed by atoms with van der Waals surface area (Å²) in [6, 6.07) is 11.4. The summed E-state index contributed by atoms with van der Waals surface area (Å²) in [6.07, 6.45) is 6.03. The van der Waals surface area contributed by atoms with E-state index in [9.17, 15) is 9.90 Å². The van der Waals surface area contributed by atoms with Crippen molar-refractivity contribution in [3.05, 3.63) is 42.0 Å². The summed E-state index contributed by atoms with van der Waals surface area (Å²) in [6.45, 7) is 2.18. The Balaban J connectivity index is 1.68. The van der Waals surface area contributed by atoms with Gasteiger partial charge in [-0.1, -0.05) is 25.3 Å². The Morgan fingerprint density at radius 2 is 1.97 bits per heavy atom. The minimum absolute atomic E-state index is 0.0858. The van der Waals surface area contributed by atoms with E-state index in [0.29, 0.717) is 17.5 Å². The van der Waals surface area contributed by atoms with Crippen molar-refractivity contribution in [1.82, 2.24) is 4.98 Å². The molecule has 1 aliphatic heterocycles. The van der Waals surface area contributed by atoms with Crippen molar-refractivity contribution < 1.29 is 9.90 Å². The van der Waals surface area contributed by atoms with Gasteiger partial charge >= 0.3 is 5.97 Å². The molecule has 2 heterocycles. The van der Waals surface area contributed by atoms with E-state index >= 15 is 0 Å². The summed E-state index contributed by atoms with van der Waals surface area (Å²) < 4.78 is 0. The Morgan fingerprint density at radius 1 is 1.21 bits per heavy atom. The van der Waals surface area contributed by atoms with E-state index in [-0.39, 0.29) is 17.8 Å². The van der Waals surface area contributed by atoms with Gasteiger partial charge in [0.05, 0.1) is 23.5 Å². The predicted molar refractivity (Wildman–Crippen MR) is 116 cm³/mol. The van der Waals surface area contributed by atoms with Gasteiger partial charge in [0.1, 0.15) is 5.82 Å². The average Bonchev–Trinajstić information content (AvgIpc) is 2.73. The zero-order valence-corrected chi connectivity index (χ0v) is 17.0. The molecule has 0 amide bonds. The second-order valence-corrected chi connectivity index (χ2v) is 8.09. The SMILES string of the molecule is C[C@@H]1C(N)N(C)c2ccc(Nc3cccc(C(=O)O)c3)nc2N1C1CCCCC1. The standard InChI is InChI=1S/C22H29N5O2/c1-14-20(23)26(2)18-11-12-19(24-16-8-6-7-15(13-16)22(28)29)25-21(18)27(14)17-9-4-3-5-10-17/h6-8,11-14,17,20H,3-5,9-10,23H2,1-2H3,(H,24,25)(H,28,29)/t14-,20?/m1/s1. The number of likely N-dealkylation sites (N-methyl/N-ethyl adjacent to an activating group) is 1. The zero-order chi connectivity index (χ0) is 20.5. The Kier molecular flexibility index (Phi) is 5.32. The summed E-state index contributed by atoms with van der Waals surface area (Å²) in [7, 11) is 2.02. The first-order valence-electron chi connectivity index (χ1n) is 10.3. The molecule has 1 fully saturated rings. The molecule has 4 N–H and O–H groups in total. The van der Waals surface area contributed by atoms with Crippen molar-refractivity contribution in [3.8, 4) is 0 Å². The number of carboxylic acid groups (broad SMARTS) is 1. The minimum Gasteiger partial charge on any atom is -0.478 e. The average molecular weight is 396 g/mol. The van der Waals surface area contributed by atoms with Gasteiger partial charge in [-0.3, -0.25) is 0 Å². The topological polar surface area (TPSA) is 94.7 Å². The molecule has 7 nitrogen and oxygen atoms in total. The normalized spacial score (nSPS) is 22.3. The lowest BCUT2D eigenvalue weighted by Crippen LogP contribution is -2.61. The van der Waals surface area contributed by atoms with Crippen molar-refractivity contribution >= 4 is 29.0 Å². The van der Waals surface area contributed by atoms with Crippen molar-refractivity contribution in [2.75, 3.05) is 22.2 Å². The van der Waals surface area contributed by atoms with Crippen LogP contribution in [0.15, 0.2) is 36.4 Å². The number of rotatable bonds is 4. The minimum atomic E-state index is -0.944. The maximum atomic E-state index is 11.3. The van der Waals surface area contributed by atoms with Crippen LogP contribution >= 0.6 is 0 Å². The zero-order valence-electron chi connectivity index (χ0n) is 17.0. The highest BCUT2D eigenvalue weighted by molar-refractivity contribution is 5.89. The molecule has 29 heavy (non-hydrogen) atoms. The van der Waals surface area contributed by atoms with Gasteiger partial charge in [-0.2, -0.15) is 0 Å². The molecule has 2 aliphatic rings. The van der Waals surface area contributed by atoms with Crippen LogP contribution in [0, 0.1) is 0 Å². The lowest BCUT2D eigenvalue weighted by atomic mass is 9.92. The van der Waals surface area contributed by atoms with Gasteiger partial charge in [-0.05, 0) is 50.1 Å². The smallest absolute Gasteiger partial charge is 0.335 e. The molecule has 0 bridgehead atoms. The van der Waals surface area contributed by atoms with Crippen LogP contribution < -0.4 is 20.9 Å². The highest BCUT2D eigenvalue weighted by Gasteiger charge is 2.38. The first kappa shape index (κ1) is 19.5. The van der Waals surface area contributed by atoms with Crippen molar-refractivity contribution in [2.45, 2.75) is 57.3 Å². The van der Waals surface area contributed by atoms with Gasteiger partial charge in [-0.15, -0.1) is 0 Å². The number of hydrogen-bond donors (Lipinski definition) is 3. The van der Waals surface area contributed by atoms with E-state index in [1.54, 1.807) is 18.2 Å². The van der Waals surface area contributed by atoms with Crippen LogP contribution in [0.5, 0.6) is 0 Å². The first-order chi connectivity index (χ1) is 14.0. The number of nitrogens with two attached hydrogens (primary N) is 1. The Morgan fingerprint density at radius 3 is 2.69 bits per heavy atom. The number of hydrogen-bond acceptors (Lipinski definition) is 6. The molecule has 0 radical (unpaired) electrons. The van der Waals surface area contributed by atoms with Crippen molar-refractivity contribution in [2.24, 2.45) is 5.73 Å². The van der Waals surface area contributed by atoms with Gasteiger partial charge in [0.15, 0.2) is 5.82 Å². The molecular weight excluding hydrogens is 366 g/mol. The third kappa shape index (κ3) is 3.74. The van der Waals surface area contributed by atoms with Crippen LogP contribution in [0.4, 0.5) is 23.0 Å². The number of anilines is 4. The summed E-state index contributed by atoms with van der Waals surface area (Å²) in [4.78, 5) is 20.7. The Hall–Kier alpha value is -2.80. The molecule has 1 aromatic carbocycles. The van der Waals surface area contributed by atoms with Crippen LogP contribution in [-0.2, 0) is 0 Å². The van der Waals surface area contributed by atoms with Crippen LogP contribution in [0.3, 0.4) is 0 Å². The van der Waals surface area contributed by atoms with Gasteiger partial charge in [0.25, 0.3) is 0 Å².